The summed E-state index contributed by atoms with van der Waals surface area (Å²) < 4.78 is 6.09. The van der Waals surface area contributed by atoms with Crippen molar-refractivity contribution in [2.24, 2.45) is 0 Å². The zero-order valence-electron chi connectivity index (χ0n) is 34.1. The molecule has 0 amide bonds. The average Bonchev–Trinajstić information content (AvgIpc) is 3.83. The molecule has 0 radical (unpaired) electrons. The molecule has 1 heteroatoms. The molecule has 4 aliphatic carbocycles. The number of para-hydroxylation sites is 1. The molecule has 7 aromatic rings. The van der Waals surface area contributed by atoms with Gasteiger partial charge >= 0.3 is 0 Å². The van der Waals surface area contributed by atoms with Crippen molar-refractivity contribution in [3.63, 3.8) is 0 Å². The van der Waals surface area contributed by atoms with Crippen LogP contribution in [-0.4, -0.2) is 0 Å². The zero-order chi connectivity index (χ0) is 39.2. The summed E-state index contributed by atoms with van der Waals surface area (Å²) >= 11 is 0. The molecule has 0 fully saturated rings. The van der Waals surface area contributed by atoms with Crippen molar-refractivity contribution in [1.82, 2.24) is 0 Å². The van der Waals surface area contributed by atoms with E-state index < -0.39 is 0 Å². The van der Waals surface area contributed by atoms with Crippen LogP contribution in [0.4, 0.5) is 0 Å². The second-order valence-corrected chi connectivity index (χ2v) is 18.2. The molecule has 4 aliphatic rings. The first-order valence-corrected chi connectivity index (χ1v) is 21.4. The van der Waals surface area contributed by atoms with E-state index in [-0.39, 0.29) is 10.8 Å². The summed E-state index contributed by atoms with van der Waals surface area (Å²) in [5, 5.41) is 2.36. The Bertz CT molecular complexity index is 2920. The molecular weight excluding hydrogens is 701 g/mol. The van der Waals surface area contributed by atoms with E-state index in [1.165, 1.54) is 83.1 Å². The molecule has 1 aromatic heterocycles. The molecule has 1 heterocycles. The Labute approximate surface area is 343 Å². The fourth-order valence-electron chi connectivity index (χ4n) is 10.9. The molecule has 284 valence electrons. The lowest BCUT2D eigenvalue weighted by Gasteiger charge is -2.27. The largest absolute Gasteiger partial charge is 0.456 e. The summed E-state index contributed by atoms with van der Waals surface area (Å²) in [6, 6.07) is 48.3. The summed E-state index contributed by atoms with van der Waals surface area (Å²) in [5.41, 5.74) is 21.8. The second-order valence-electron chi connectivity index (χ2n) is 18.2. The van der Waals surface area contributed by atoms with Crippen LogP contribution in [0.5, 0.6) is 0 Å². The van der Waals surface area contributed by atoms with Crippen LogP contribution in [0.2, 0.25) is 0 Å². The molecule has 0 saturated carbocycles. The van der Waals surface area contributed by atoms with Gasteiger partial charge in [0.05, 0.1) is 0 Å². The fourth-order valence-corrected chi connectivity index (χ4v) is 10.9. The van der Waals surface area contributed by atoms with E-state index in [9.17, 15) is 0 Å². The molecule has 11 rings (SSSR count). The van der Waals surface area contributed by atoms with E-state index in [0.29, 0.717) is 11.8 Å². The van der Waals surface area contributed by atoms with Crippen molar-refractivity contribution in [3.05, 3.63) is 213 Å². The Morgan fingerprint density at radius 2 is 1.36 bits per heavy atom. The van der Waals surface area contributed by atoms with E-state index in [2.05, 4.69) is 173 Å². The Balaban J connectivity index is 0.861. The Hall–Kier alpha value is -5.92. The Kier molecular flexibility index (Phi) is 8.10. The minimum absolute atomic E-state index is 0.0192. The topological polar surface area (TPSA) is 13.1 Å². The van der Waals surface area contributed by atoms with Crippen molar-refractivity contribution in [1.29, 1.82) is 0 Å². The molecule has 0 saturated heterocycles. The van der Waals surface area contributed by atoms with Crippen molar-refractivity contribution in [3.8, 4) is 11.1 Å². The minimum atomic E-state index is -0.0244. The van der Waals surface area contributed by atoms with Crippen molar-refractivity contribution in [2.45, 2.75) is 82.5 Å². The number of furan rings is 1. The summed E-state index contributed by atoms with van der Waals surface area (Å²) in [6.07, 6.45) is 17.3. The third kappa shape index (κ3) is 5.58. The van der Waals surface area contributed by atoms with E-state index in [1.807, 2.05) is 12.1 Å². The summed E-state index contributed by atoms with van der Waals surface area (Å²) in [4.78, 5) is 0. The van der Waals surface area contributed by atoms with Crippen molar-refractivity contribution < 1.29 is 4.42 Å². The SMILES string of the molecule is CC1(C)C2=C(CCC=C2)c2ccc(C(CCc3ccc(C4C=CC(c5ccc6oc7ccccc7c6c5)=CC4)cc3)c3ccc4c(c3)C(C)(C)c3ccccc3-4)cc21. The third-order valence-electron chi connectivity index (χ3n) is 14.2. The smallest absolute Gasteiger partial charge is 0.135 e. The van der Waals surface area contributed by atoms with Crippen LogP contribution in [0.25, 0.3) is 44.2 Å². The molecule has 6 aromatic carbocycles. The van der Waals surface area contributed by atoms with Crippen LogP contribution in [0.3, 0.4) is 0 Å². The number of benzene rings is 6. The van der Waals surface area contributed by atoms with Gasteiger partial charge in [-0.2, -0.15) is 0 Å². The van der Waals surface area contributed by atoms with Gasteiger partial charge in [0.25, 0.3) is 0 Å². The van der Waals surface area contributed by atoms with Crippen LogP contribution in [-0.2, 0) is 17.3 Å². The van der Waals surface area contributed by atoms with Crippen LogP contribution >= 0.6 is 0 Å². The van der Waals surface area contributed by atoms with Crippen LogP contribution in [0.15, 0.2) is 168 Å². The van der Waals surface area contributed by atoms with Gasteiger partial charge in [0.15, 0.2) is 0 Å². The first-order chi connectivity index (χ1) is 28.2. The molecule has 2 unspecified atom stereocenters. The van der Waals surface area contributed by atoms with Gasteiger partial charge in [-0.25, -0.2) is 0 Å². The Morgan fingerprint density at radius 3 is 2.17 bits per heavy atom. The number of rotatable bonds is 7. The summed E-state index contributed by atoms with van der Waals surface area (Å²) in [7, 11) is 0. The quantitative estimate of drug-likeness (QED) is 0.158. The highest BCUT2D eigenvalue weighted by atomic mass is 16.3. The highest BCUT2D eigenvalue weighted by Gasteiger charge is 2.38. The van der Waals surface area contributed by atoms with Crippen molar-refractivity contribution >= 4 is 33.1 Å². The van der Waals surface area contributed by atoms with E-state index in [1.54, 1.807) is 5.57 Å². The van der Waals surface area contributed by atoms with Crippen molar-refractivity contribution in [2.75, 3.05) is 0 Å². The summed E-state index contributed by atoms with van der Waals surface area (Å²) in [6.45, 7) is 9.66. The van der Waals surface area contributed by atoms with Gasteiger partial charge in [0.2, 0.25) is 0 Å². The maximum absolute atomic E-state index is 6.09. The lowest BCUT2D eigenvalue weighted by molar-refractivity contribution is 0.644. The molecular formula is C57H50O. The van der Waals surface area contributed by atoms with Crippen LogP contribution in [0, 0.1) is 0 Å². The maximum Gasteiger partial charge on any atom is 0.135 e. The molecule has 0 bridgehead atoms. The zero-order valence-corrected chi connectivity index (χ0v) is 34.1. The monoisotopic (exact) mass is 750 g/mol. The number of allylic oxidation sites excluding steroid dienone is 8. The average molecular weight is 751 g/mol. The molecule has 58 heavy (non-hydrogen) atoms. The number of fused-ring (bicyclic) bond motifs is 8. The van der Waals surface area contributed by atoms with E-state index >= 15 is 0 Å². The highest BCUT2D eigenvalue weighted by molar-refractivity contribution is 6.06. The molecule has 0 N–H and O–H groups in total. The first-order valence-electron chi connectivity index (χ1n) is 21.4. The maximum atomic E-state index is 6.09. The highest BCUT2D eigenvalue weighted by Crippen LogP contribution is 2.52. The first kappa shape index (κ1) is 35.3. The molecule has 2 atom stereocenters. The molecule has 0 spiro atoms. The Morgan fingerprint density at radius 1 is 0.638 bits per heavy atom. The lowest BCUT2D eigenvalue weighted by atomic mass is 9.77. The van der Waals surface area contributed by atoms with Gasteiger partial charge in [-0.15, -0.1) is 0 Å². The molecule has 1 nitrogen and oxygen atoms in total. The van der Waals surface area contributed by atoms with Gasteiger partial charge in [-0.05, 0) is 128 Å². The lowest BCUT2D eigenvalue weighted by Crippen LogP contribution is -2.17. The number of hydrogen-bond donors (Lipinski definition) is 0. The number of hydrogen-bond acceptors (Lipinski definition) is 1. The third-order valence-corrected chi connectivity index (χ3v) is 14.2. The second kappa shape index (κ2) is 13.3. The predicted molar refractivity (Wildman–Crippen MR) is 244 cm³/mol. The van der Waals surface area contributed by atoms with E-state index in [4.69, 9.17) is 4.42 Å². The predicted octanol–water partition coefficient (Wildman–Crippen LogP) is 15.2. The van der Waals surface area contributed by atoms with E-state index in [0.717, 1.165) is 43.3 Å². The standard InChI is InChI=1S/C57H50O/c1-56(2)50-14-8-5-11-44(50)46-30-26-41(34-52(46)56)43(42-27-31-47-45-12-6-9-15-51(45)57(3,4)53(47)35-42)29-19-36-17-20-37(21-18-36)38-22-24-39(25-23-38)40-28-32-55-49(33-40)48-13-7-10-16-54(48)58-55/h5,7-11,13-18,20-22,24-28,30-35,38,43H,6,12,19,23,29H2,1-4H3. The number of aryl methyl sites for hydroxylation is 1. The molecule has 0 aliphatic heterocycles. The van der Waals surface area contributed by atoms with Gasteiger partial charge < -0.3 is 4.42 Å². The minimum Gasteiger partial charge on any atom is -0.456 e. The van der Waals surface area contributed by atoms with Gasteiger partial charge in [-0.1, -0.05) is 167 Å². The summed E-state index contributed by atoms with van der Waals surface area (Å²) in [5.74, 6) is 0.676. The normalized spacial score (nSPS) is 18.9. The van der Waals surface area contributed by atoms with Gasteiger partial charge in [0.1, 0.15) is 11.2 Å². The van der Waals surface area contributed by atoms with Crippen LogP contribution < -0.4 is 0 Å². The van der Waals surface area contributed by atoms with Gasteiger partial charge in [0, 0.05) is 33.4 Å². The fraction of sp³-hybridized carbons (Fsp3) is 0.228. The van der Waals surface area contributed by atoms with Gasteiger partial charge in [-0.3, -0.25) is 0 Å². The van der Waals surface area contributed by atoms with Crippen LogP contribution in [0.1, 0.15) is 115 Å².